The number of halogens is 2. The Morgan fingerprint density at radius 3 is 2.58 bits per heavy atom. The number of anilines is 1. The van der Waals surface area contributed by atoms with Crippen molar-refractivity contribution in [1.82, 2.24) is 4.90 Å². The van der Waals surface area contributed by atoms with Crippen LogP contribution in [0, 0.1) is 0 Å². The van der Waals surface area contributed by atoms with Crippen molar-refractivity contribution in [3.63, 3.8) is 0 Å². The first-order valence-corrected chi connectivity index (χ1v) is 12.7. The fraction of sp³-hybridized carbons (Fsp3) is 0.115. The third-order valence-electron chi connectivity index (χ3n) is 5.12. The Kier molecular flexibility index (Phi) is 8.35. The number of imide groups is 1. The van der Waals surface area contributed by atoms with Crippen LogP contribution in [0.25, 0.3) is 6.08 Å². The molecule has 10 heteroatoms. The Bertz CT molecular complexity index is 1350. The zero-order valence-corrected chi connectivity index (χ0v) is 22.2. The summed E-state index contributed by atoms with van der Waals surface area (Å²) in [5, 5.41) is 2.78. The maximum atomic E-state index is 13.0. The second kappa shape index (κ2) is 11.6. The first kappa shape index (κ1) is 25.8. The minimum Gasteiger partial charge on any atom is -0.495 e. The third-order valence-corrected chi connectivity index (χ3v) is 6.78. The van der Waals surface area contributed by atoms with Crippen LogP contribution in [0.4, 0.5) is 10.5 Å². The van der Waals surface area contributed by atoms with Gasteiger partial charge < -0.3 is 14.8 Å². The molecule has 0 atom stereocenters. The fourth-order valence-electron chi connectivity index (χ4n) is 3.36. The topological polar surface area (TPSA) is 84.9 Å². The summed E-state index contributed by atoms with van der Waals surface area (Å²) in [4.78, 5) is 39.2. The summed E-state index contributed by atoms with van der Waals surface area (Å²) in [6.07, 6.45) is 1.59. The molecule has 3 amide bonds. The highest BCUT2D eigenvalue weighted by Gasteiger charge is 2.36. The number of carbonyl (C=O) groups is 3. The van der Waals surface area contributed by atoms with Crippen LogP contribution in [0.5, 0.6) is 11.5 Å². The Morgan fingerprint density at radius 1 is 1.08 bits per heavy atom. The number of nitrogens with zero attached hydrogens (tertiary/aromatic N) is 1. The summed E-state index contributed by atoms with van der Waals surface area (Å²) >= 11 is 10.1. The van der Waals surface area contributed by atoms with Crippen molar-refractivity contribution in [1.29, 1.82) is 0 Å². The first-order valence-electron chi connectivity index (χ1n) is 10.7. The van der Waals surface area contributed by atoms with Gasteiger partial charge in [-0.1, -0.05) is 51.8 Å². The van der Waals surface area contributed by atoms with E-state index in [0.29, 0.717) is 34.4 Å². The van der Waals surface area contributed by atoms with Crippen LogP contribution in [-0.2, 0) is 16.2 Å². The molecule has 1 heterocycles. The largest absolute Gasteiger partial charge is 0.495 e. The molecule has 36 heavy (non-hydrogen) atoms. The van der Waals surface area contributed by atoms with Crippen LogP contribution in [-0.4, -0.2) is 35.6 Å². The van der Waals surface area contributed by atoms with Gasteiger partial charge in [-0.05, 0) is 65.9 Å². The van der Waals surface area contributed by atoms with E-state index < -0.39 is 23.6 Å². The molecule has 0 unspecified atom stereocenters. The average Bonchev–Trinajstić information content (AvgIpc) is 3.12. The highest BCUT2D eigenvalue weighted by molar-refractivity contribution is 9.10. The van der Waals surface area contributed by atoms with Crippen molar-refractivity contribution in [3.8, 4) is 11.5 Å². The monoisotopic (exact) mass is 586 g/mol. The predicted octanol–water partition coefficient (Wildman–Crippen LogP) is 6.37. The second-order valence-electron chi connectivity index (χ2n) is 7.61. The van der Waals surface area contributed by atoms with Crippen molar-refractivity contribution < 1.29 is 23.9 Å². The van der Waals surface area contributed by atoms with Gasteiger partial charge in [0.25, 0.3) is 11.1 Å². The Morgan fingerprint density at radius 2 is 1.83 bits per heavy atom. The summed E-state index contributed by atoms with van der Waals surface area (Å²) in [6.45, 7) is -0.122. The number of rotatable bonds is 8. The Hall–Kier alpha value is -3.27. The molecule has 3 aromatic carbocycles. The number of ether oxygens (including phenoxy) is 2. The average molecular weight is 588 g/mol. The molecular weight excluding hydrogens is 568 g/mol. The van der Waals surface area contributed by atoms with Crippen molar-refractivity contribution in [2.24, 2.45) is 0 Å². The van der Waals surface area contributed by atoms with E-state index >= 15 is 0 Å². The lowest BCUT2D eigenvalue weighted by molar-refractivity contribution is -0.127. The standard InChI is InChI=1S/C26H20BrClN2O5S/c1-34-22-5-3-2-4-20(22)29-24(31)14-30-25(32)23(36-26(30)33)13-17-12-18(27)8-11-21(17)35-15-16-6-9-19(28)10-7-16/h2-13H,14-15H2,1H3,(H,29,31)/b23-13+. The first-order chi connectivity index (χ1) is 17.3. The van der Waals surface area contributed by atoms with Gasteiger partial charge in [-0.2, -0.15) is 0 Å². The van der Waals surface area contributed by atoms with Crippen molar-refractivity contribution >= 4 is 68.1 Å². The number of carbonyl (C=O) groups excluding carboxylic acids is 3. The van der Waals surface area contributed by atoms with Crippen LogP contribution in [0.15, 0.2) is 76.1 Å². The third kappa shape index (κ3) is 6.29. The number of benzene rings is 3. The molecule has 1 N–H and O–H groups in total. The van der Waals surface area contributed by atoms with Crippen LogP contribution in [0.2, 0.25) is 5.02 Å². The van der Waals surface area contributed by atoms with Crippen LogP contribution in [0.1, 0.15) is 11.1 Å². The number of hydrogen-bond acceptors (Lipinski definition) is 6. The molecule has 1 fully saturated rings. The number of methoxy groups -OCH3 is 1. The molecule has 7 nitrogen and oxygen atoms in total. The lowest BCUT2D eigenvalue weighted by Gasteiger charge is -2.14. The van der Waals surface area contributed by atoms with E-state index in [-0.39, 0.29) is 4.91 Å². The number of nitrogens with one attached hydrogen (secondary N) is 1. The highest BCUT2D eigenvalue weighted by atomic mass is 79.9. The van der Waals surface area contributed by atoms with E-state index in [1.54, 1.807) is 54.6 Å². The van der Waals surface area contributed by atoms with Gasteiger partial charge in [-0.25, -0.2) is 0 Å². The highest BCUT2D eigenvalue weighted by Crippen LogP contribution is 2.35. The van der Waals surface area contributed by atoms with E-state index in [9.17, 15) is 14.4 Å². The van der Waals surface area contributed by atoms with Gasteiger partial charge >= 0.3 is 0 Å². The van der Waals surface area contributed by atoms with Gasteiger partial charge in [0.2, 0.25) is 5.91 Å². The van der Waals surface area contributed by atoms with E-state index in [2.05, 4.69) is 21.2 Å². The minimum atomic E-state index is -0.552. The van der Waals surface area contributed by atoms with E-state index in [0.717, 1.165) is 26.7 Å². The Balaban J connectivity index is 1.48. The molecule has 0 bridgehead atoms. The molecule has 0 spiro atoms. The summed E-state index contributed by atoms with van der Waals surface area (Å²) < 4.78 is 12.0. The lowest BCUT2D eigenvalue weighted by atomic mass is 10.1. The summed E-state index contributed by atoms with van der Waals surface area (Å²) in [7, 11) is 1.49. The molecule has 1 aliphatic rings. The fourth-order valence-corrected chi connectivity index (χ4v) is 4.70. The lowest BCUT2D eigenvalue weighted by Crippen LogP contribution is -2.36. The number of thioether (sulfide) groups is 1. The molecule has 1 saturated heterocycles. The van der Waals surface area contributed by atoms with Gasteiger partial charge in [0.1, 0.15) is 24.7 Å². The molecule has 0 radical (unpaired) electrons. The van der Waals surface area contributed by atoms with E-state index in [1.807, 2.05) is 18.2 Å². The summed E-state index contributed by atoms with van der Waals surface area (Å²) in [5.41, 5.74) is 1.99. The molecular formula is C26H20BrClN2O5S. The Labute approximate surface area is 225 Å². The van der Waals surface area contributed by atoms with Gasteiger partial charge in [0.05, 0.1) is 17.7 Å². The predicted molar refractivity (Wildman–Crippen MR) is 144 cm³/mol. The van der Waals surface area contributed by atoms with Gasteiger partial charge in [-0.15, -0.1) is 0 Å². The number of amides is 3. The van der Waals surface area contributed by atoms with Crippen LogP contribution >= 0.6 is 39.3 Å². The van der Waals surface area contributed by atoms with Crippen LogP contribution in [0.3, 0.4) is 0 Å². The number of para-hydroxylation sites is 2. The van der Waals surface area contributed by atoms with Gasteiger partial charge in [-0.3, -0.25) is 19.3 Å². The summed E-state index contributed by atoms with van der Waals surface area (Å²) in [5.74, 6) is -0.0594. The molecule has 0 aliphatic carbocycles. The SMILES string of the molecule is COc1ccccc1NC(=O)CN1C(=O)S/C(=C/c2cc(Br)ccc2OCc2ccc(Cl)cc2)C1=O. The normalized spacial score (nSPS) is 14.3. The molecule has 1 aliphatic heterocycles. The number of hydrogen-bond donors (Lipinski definition) is 1. The zero-order chi connectivity index (χ0) is 25.7. The molecule has 4 rings (SSSR count). The second-order valence-corrected chi connectivity index (χ2v) is 9.96. The maximum absolute atomic E-state index is 13.0. The van der Waals surface area contributed by atoms with Crippen molar-refractivity contribution in [2.75, 3.05) is 19.0 Å². The molecule has 0 aromatic heterocycles. The van der Waals surface area contributed by atoms with E-state index in [1.165, 1.54) is 7.11 Å². The molecule has 3 aromatic rings. The van der Waals surface area contributed by atoms with Gasteiger partial charge in [0, 0.05) is 15.1 Å². The smallest absolute Gasteiger partial charge is 0.294 e. The van der Waals surface area contributed by atoms with Gasteiger partial charge in [0.15, 0.2) is 0 Å². The molecule has 0 saturated carbocycles. The zero-order valence-electron chi connectivity index (χ0n) is 19.0. The quantitative estimate of drug-likeness (QED) is 0.309. The van der Waals surface area contributed by atoms with E-state index in [4.69, 9.17) is 21.1 Å². The minimum absolute atomic E-state index is 0.194. The van der Waals surface area contributed by atoms with Crippen LogP contribution < -0.4 is 14.8 Å². The summed E-state index contributed by atoms with van der Waals surface area (Å²) in [6, 6.07) is 19.6. The molecule has 184 valence electrons. The van der Waals surface area contributed by atoms with Crippen molar-refractivity contribution in [2.45, 2.75) is 6.61 Å². The maximum Gasteiger partial charge on any atom is 0.294 e. The van der Waals surface area contributed by atoms with Crippen molar-refractivity contribution in [3.05, 3.63) is 92.3 Å².